The maximum Gasteiger partial charge on any atom is 0.321 e. The molecular formula is C17H19ClN4O3S. The van der Waals surface area contributed by atoms with Crippen molar-refractivity contribution in [3.63, 3.8) is 0 Å². The minimum atomic E-state index is -0.634. The van der Waals surface area contributed by atoms with Crippen molar-refractivity contribution in [2.75, 3.05) is 6.54 Å². The van der Waals surface area contributed by atoms with Crippen LogP contribution in [0.5, 0.6) is 0 Å². The van der Waals surface area contributed by atoms with Crippen LogP contribution in [0.3, 0.4) is 0 Å². The number of aromatic nitrogens is 2. The lowest BCUT2D eigenvalue weighted by Gasteiger charge is -2.15. The fraction of sp³-hybridized carbons (Fsp3) is 0.294. The lowest BCUT2D eigenvalue weighted by molar-refractivity contribution is -0.119. The maximum absolute atomic E-state index is 12.7. The van der Waals surface area contributed by atoms with E-state index in [1.54, 1.807) is 38.1 Å². The smallest absolute Gasteiger partial charge is 0.321 e. The van der Waals surface area contributed by atoms with Gasteiger partial charge in [-0.2, -0.15) is 0 Å². The van der Waals surface area contributed by atoms with Crippen molar-refractivity contribution >= 4 is 46.2 Å². The molecule has 1 aromatic carbocycles. The molecule has 2 N–H and O–H groups in total. The Morgan fingerprint density at radius 3 is 2.85 bits per heavy atom. The highest BCUT2D eigenvalue weighted by molar-refractivity contribution is 8.00. The van der Waals surface area contributed by atoms with Gasteiger partial charge in [-0.3, -0.25) is 19.5 Å². The highest BCUT2D eigenvalue weighted by Crippen LogP contribution is 2.23. The Kier molecular flexibility index (Phi) is 6.82. The molecule has 0 bridgehead atoms. The van der Waals surface area contributed by atoms with Gasteiger partial charge in [0.05, 0.1) is 16.2 Å². The van der Waals surface area contributed by atoms with E-state index in [0.29, 0.717) is 27.6 Å². The Morgan fingerprint density at radius 1 is 1.46 bits per heavy atom. The van der Waals surface area contributed by atoms with Gasteiger partial charge in [0, 0.05) is 18.1 Å². The average molecular weight is 395 g/mol. The molecule has 0 aliphatic rings. The molecule has 0 aliphatic heterocycles. The summed E-state index contributed by atoms with van der Waals surface area (Å²) in [5, 5.41) is 5.30. The van der Waals surface area contributed by atoms with E-state index < -0.39 is 17.2 Å². The second-order valence-corrected chi connectivity index (χ2v) is 7.11. The first-order valence-corrected chi connectivity index (χ1v) is 9.19. The normalized spacial score (nSPS) is 11.8. The van der Waals surface area contributed by atoms with Gasteiger partial charge in [0.2, 0.25) is 5.91 Å². The third-order valence-electron chi connectivity index (χ3n) is 3.42. The molecule has 1 heterocycles. The van der Waals surface area contributed by atoms with Crippen LogP contribution in [0.15, 0.2) is 40.8 Å². The molecule has 1 aromatic heterocycles. The van der Waals surface area contributed by atoms with Crippen LogP contribution in [0.2, 0.25) is 5.02 Å². The van der Waals surface area contributed by atoms with Crippen LogP contribution >= 0.6 is 23.4 Å². The van der Waals surface area contributed by atoms with Crippen LogP contribution < -0.4 is 16.2 Å². The number of hydrogen-bond donors (Lipinski definition) is 2. The van der Waals surface area contributed by atoms with E-state index in [1.807, 2.05) is 0 Å². The average Bonchev–Trinajstić information content (AvgIpc) is 2.59. The van der Waals surface area contributed by atoms with Gasteiger partial charge in [-0.25, -0.2) is 9.78 Å². The maximum atomic E-state index is 12.7. The molecule has 0 spiro atoms. The predicted molar refractivity (Wildman–Crippen MR) is 104 cm³/mol. The van der Waals surface area contributed by atoms with Crippen molar-refractivity contribution in [2.45, 2.75) is 30.8 Å². The molecule has 7 nitrogen and oxygen atoms in total. The molecule has 1 unspecified atom stereocenters. The first-order chi connectivity index (χ1) is 12.4. The zero-order valence-corrected chi connectivity index (χ0v) is 16.0. The number of carbonyl (C=O) groups is 2. The fourth-order valence-corrected chi connectivity index (χ4v) is 3.27. The van der Waals surface area contributed by atoms with Gasteiger partial charge in [-0.05, 0) is 32.0 Å². The fourth-order valence-electron chi connectivity index (χ4n) is 2.18. The lowest BCUT2D eigenvalue weighted by atomic mass is 10.2. The number of allylic oxidation sites excluding steroid dienone is 1. The molecule has 1 atom stereocenters. The Morgan fingerprint density at radius 2 is 2.19 bits per heavy atom. The topological polar surface area (TPSA) is 93.1 Å². The zero-order valence-electron chi connectivity index (χ0n) is 14.4. The predicted octanol–water partition coefficient (Wildman–Crippen LogP) is 2.56. The summed E-state index contributed by atoms with van der Waals surface area (Å²) in [6, 6.07) is 4.30. The number of nitrogens with one attached hydrogen (secondary N) is 2. The van der Waals surface area contributed by atoms with Gasteiger partial charge >= 0.3 is 6.03 Å². The van der Waals surface area contributed by atoms with Crippen molar-refractivity contribution < 1.29 is 9.59 Å². The number of carbonyl (C=O) groups excluding carboxylic acids is 2. The monoisotopic (exact) mass is 394 g/mol. The van der Waals surface area contributed by atoms with Gasteiger partial charge in [-0.15, -0.1) is 6.58 Å². The summed E-state index contributed by atoms with van der Waals surface area (Å²) in [6.07, 6.45) is 1.57. The number of benzene rings is 1. The zero-order chi connectivity index (χ0) is 19.3. The van der Waals surface area contributed by atoms with Crippen LogP contribution in [-0.4, -0.2) is 33.3 Å². The molecule has 0 aliphatic carbocycles. The summed E-state index contributed by atoms with van der Waals surface area (Å²) in [6.45, 7) is 7.69. The minimum absolute atomic E-state index is 0.237. The molecule has 138 valence electrons. The van der Waals surface area contributed by atoms with Crippen molar-refractivity contribution in [3.05, 3.63) is 46.2 Å². The molecule has 9 heteroatoms. The Labute approximate surface area is 159 Å². The highest BCUT2D eigenvalue weighted by atomic mass is 35.5. The Bertz CT molecular complexity index is 913. The molecular weight excluding hydrogens is 376 g/mol. The summed E-state index contributed by atoms with van der Waals surface area (Å²) in [7, 11) is 0. The van der Waals surface area contributed by atoms with Crippen LogP contribution in [0, 0.1) is 0 Å². The summed E-state index contributed by atoms with van der Waals surface area (Å²) < 4.78 is 1.42. The van der Waals surface area contributed by atoms with Gasteiger partial charge in [0.1, 0.15) is 0 Å². The van der Waals surface area contributed by atoms with Crippen LogP contribution in [-0.2, 0) is 11.3 Å². The quantitative estimate of drug-likeness (QED) is 0.446. The van der Waals surface area contributed by atoms with Crippen LogP contribution in [0.25, 0.3) is 10.9 Å². The number of nitrogens with zero attached hydrogens (tertiary/aromatic N) is 2. The first kappa shape index (κ1) is 20.0. The standard InChI is InChI=1S/C17H19ClN4O3S/c1-4-8-22-15(24)12-9-11(18)6-7-13(12)20-17(22)26-10(3)14(23)21-16(25)19-5-2/h4,6-7,9-10H,1,5,8H2,2-3H3,(H2,19,21,23,25). The van der Waals surface area contributed by atoms with Crippen molar-refractivity contribution in [1.82, 2.24) is 20.2 Å². The molecule has 2 rings (SSSR count). The summed E-state index contributed by atoms with van der Waals surface area (Å²) in [5.41, 5.74) is 0.217. The molecule has 0 fully saturated rings. The molecule has 0 radical (unpaired) electrons. The van der Waals surface area contributed by atoms with Crippen molar-refractivity contribution in [2.24, 2.45) is 0 Å². The van der Waals surface area contributed by atoms with E-state index in [-0.39, 0.29) is 12.1 Å². The number of thioether (sulfide) groups is 1. The van der Waals surface area contributed by atoms with Gasteiger partial charge in [0.15, 0.2) is 5.16 Å². The first-order valence-electron chi connectivity index (χ1n) is 7.93. The van der Waals surface area contributed by atoms with Gasteiger partial charge in [-0.1, -0.05) is 29.4 Å². The molecule has 26 heavy (non-hydrogen) atoms. The van der Waals surface area contributed by atoms with E-state index in [4.69, 9.17) is 11.6 Å². The third-order valence-corrected chi connectivity index (χ3v) is 4.74. The minimum Gasteiger partial charge on any atom is -0.338 e. The third kappa shape index (κ3) is 4.64. The number of amides is 3. The number of rotatable bonds is 6. The van der Waals surface area contributed by atoms with Gasteiger partial charge in [0.25, 0.3) is 5.56 Å². The van der Waals surface area contributed by atoms with E-state index in [0.717, 1.165) is 11.8 Å². The molecule has 0 saturated carbocycles. The lowest BCUT2D eigenvalue weighted by Crippen LogP contribution is -2.42. The second kappa shape index (κ2) is 8.86. The van der Waals surface area contributed by atoms with Crippen molar-refractivity contribution in [3.8, 4) is 0 Å². The number of urea groups is 1. The van der Waals surface area contributed by atoms with Gasteiger partial charge < -0.3 is 5.32 Å². The number of fused-ring (bicyclic) bond motifs is 1. The largest absolute Gasteiger partial charge is 0.338 e. The van der Waals surface area contributed by atoms with E-state index in [1.165, 1.54) is 4.57 Å². The SMILES string of the molecule is C=CCn1c(SC(C)C(=O)NC(=O)NCC)nc2ccc(Cl)cc2c1=O. The van der Waals surface area contributed by atoms with Crippen molar-refractivity contribution in [1.29, 1.82) is 0 Å². The van der Waals surface area contributed by atoms with E-state index in [9.17, 15) is 14.4 Å². The van der Waals surface area contributed by atoms with E-state index in [2.05, 4.69) is 22.2 Å². The Hall–Kier alpha value is -2.32. The molecule has 2 aromatic rings. The van der Waals surface area contributed by atoms with E-state index >= 15 is 0 Å². The molecule has 0 saturated heterocycles. The van der Waals surface area contributed by atoms with Crippen LogP contribution in [0.4, 0.5) is 4.79 Å². The summed E-state index contributed by atoms with van der Waals surface area (Å²) >= 11 is 7.06. The van der Waals surface area contributed by atoms with Crippen LogP contribution in [0.1, 0.15) is 13.8 Å². The highest BCUT2D eigenvalue weighted by Gasteiger charge is 2.20. The number of halogens is 1. The second-order valence-electron chi connectivity index (χ2n) is 5.37. The summed E-state index contributed by atoms with van der Waals surface area (Å²) in [4.78, 5) is 40.9. The Balaban J connectivity index is 2.35. The number of imide groups is 1. The number of hydrogen-bond acceptors (Lipinski definition) is 5. The summed E-state index contributed by atoms with van der Waals surface area (Å²) in [5.74, 6) is -0.475. The molecule has 3 amide bonds.